The highest BCUT2D eigenvalue weighted by molar-refractivity contribution is 5.87. The predicted molar refractivity (Wildman–Crippen MR) is 53.6 cm³/mol. The minimum absolute atomic E-state index is 0.214. The van der Waals surface area contributed by atoms with Crippen LogP contribution >= 0.6 is 0 Å². The van der Waals surface area contributed by atoms with Crippen LogP contribution in [0.2, 0.25) is 0 Å². The molecular formula is C10H20N2. The van der Waals surface area contributed by atoms with Crippen molar-refractivity contribution in [3.8, 4) is 0 Å². The van der Waals surface area contributed by atoms with Crippen molar-refractivity contribution >= 4 is 5.71 Å². The molecule has 0 amide bonds. The zero-order chi connectivity index (χ0) is 8.97. The van der Waals surface area contributed by atoms with E-state index in [9.17, 15) is 0 Å². The Morgan fingerprint density at radius 1 is 1.58 bits per heavy atom. The van der Waals surface area contributed by atoms with Gasteiger partial charge in [0, 0.05) is 11.8 Å². The van der Waals surface area contributed by atoms with Gasteiger partial charge in [0.2, 0.25) is 0 Å². The molecule has 0 heterocycles. The summed E-state index contributed by atoms with van der Waals surface area (Å²) in [5.41, 5.74) is 7.05. The number of nitrogens with two attached hydrogens (primary N) is 1. The van der Waals surface area contributed by atoms with E-state index < -0.39 is 0 Å². The van der Waals surface area contributed by atoms with Crippen LogP contribution in [-0.4, -0.2) is 18.3 Å². The normalized spacial score (nSPS) is 30.6. The molecule has 1 aliphatic rings. The number of hydrogen-bond donors (Lipinski definition) is 1. The molecule has 70 valence electrons. The van der Waals surface area contributed by atoms with E-state index in [1.807, 2.05) is 6.92 Å². The van der Waals surface area contributed by atoms with Gasteiger partial charge in [-0.05, 0) is 32.1 Å². The Morgan fingerprint density at radius 3 is 2.92 bits per heavy atom. The van der Waals surface area contributed by atoms with Crippen LogP contribution in [0.5, 0.6) is 0 Å². The van der Waals surface area contributed by atoms with Crippen molar-refractivity contribution in [3.05, 3.63) is 0 Å². The molecule has 1 fully saturated rings. The van der Waals surface area contributed by atoms with Crippen LogP contribution in [0, 0.1) is 5.92 Å². The van der Waals surface area contributed by atoms with E-state index in [0.717, 1.165) is 6.54 Å². The fraction of sp³-hybridized carbons (Fsp3) is 0.900. The van der Waals surface area contributed by atoms with Crippen molar-refractivity contribution in [2.45, 2.75) is 45.6 Å². The molecule has 2 atom stereocenters. The molecule has 0 radical (unpaired) electrons. The molecule has 0 saturated heterocycles. The first-order valence-corrected chi connectivity index (χ1v) is 4.99. The average Bonchev–Trinajstić information content (AvgIpc) is 2.03. The number of aliphatic imine (C=N–C) groups is 1. The summed E-state index contributed by atoms with van der Waals surface area (Å²) in [6.07, 6.45) is 5.21. The molecule has 0 spiro atoms. The third-order valence-electron chi connectivity index (χ3n) is 2.47. The second-order valence-corrected chi connectivity index (χ2v) is 3.96. The Bertz CT molecular complexity index is 161. The second kappa shape index (κ2) is 4.61. The van der Waals surface area contributed by atoms with E-state index in [1.54, 1.807) is 0 Å². The molecule has 1 rings (SSSR count). The Morgan fingerprint density at radius 2 is 2.33 bits per heavy atom. The van der Waals surface area contributed by atoms with Crippen molar-refractivity contribution in [2.24, 2.45) is 16.6 Å². The number of nitrogens with zero attached hydrogens (tertiary/aromatic N) is 1. The van der Waals surface area contributed by atoms with Gasteiger partial charge in [-0.15, -0.1) is 0 Å². The van der Waals surface area contributed by atoms with Gasteiger partial charge in [0.05, 0.1) is 6.54 Å². The van der Waals surface area contributed by atoms with Crippen molar-refractivity contribution in [3.63, 3.8) is 0 Å². The molecule has 1 saturated carbocycles. The average molecular weight is 168 g/mol. The van der Waals surface area contributed by atoms with Crippen molar-refractivity contribution in [1.29, 1.82) is 0 Å². The van der Waals surface area contributed by atoms with E-state index in [2.05, 4.69) is 11.9 Å². The van der Waals surface area contributed by atoms with Crippen LogP contribution < -0.4 is 5.73 Å². The highest BCUT2D eigenvalue weighted by Gasteiger charge is 2.14. The molecule has 2 N–H and O–H groups in total. The molecule has 12 heavy (non-hydrogen) atoms. The lowest BCUT2D eigenvalue weighted by Gasteiger charge is -2.20. The third-order valence-corrected chi connectivity index (χ3v) is 2.47. The summed E-state index contributed by atoms with van der Waals surface area (Å²) in [6.45, 7) is 5.09. The standard InChI is InChI=1S/C10H20N2/c1-8-5-3-4-6-10(8)12-7-9(2)11/h8-9H,3-7,11H2,1-2H3. The number of hydrogen-bond acceptors (Lipinski definition) is 2. The highest BCUT2D eigenvalue weighted by atomic mass is 14.8. The van der Waals surface area contributed by atoms with E-state index >= 15 is 0 Å². The van der Waals surface area contributed by atoms with Crippen LogP contribution in [-0.2, 0) is 0 Å². The molecule has 0 bridgehead atoms. The Labute approximate surface area is 75.3 Å². The maximum absolute atomic E-state index is 5.65. The quantitative estimate of drug-likeness (QED) is 0.672. The van der Waals surface area contributed by atoms with Gasteiger partial charge < -0.3 is 5.73 Å². The van der Waals surface area contributed by atoms with Crippen LogP contribution in [0.1, 0.15) is 39.5 Å². The molecule has 1 aliphatic carbocycles. The van der Waals surface area contributed by atoms with Gasteiger partial charge in [-0.25, -0.2) is 0 Å². The maximum atomic E-state index is 5.65. The van der Waals surface area contributed by atoms with Gasteiger partial charge in [0.15, 0.2) is 0 Å². The SMILES string of the molecule is CC(N)CN=C1CCCCC1C. The largest absolute Gasteiger partial charge is 0.326 e. The summed E-state index contributed by atoms with van der Waals surface area (Å²) in [7, 11) is 0. The van der Waals surface area contributed by atoms with E-state index in [-0.39, 0.29) is 6.04 Å². The summed E-state index contributed by atoms with van der Waals surface area (Å²) in [5.74, 6) is 0.706. The minimum Gasteiger partial charge on any atom is -0.326 e. The highest BCUT2D eigenvalue weighted by Crippen LogP contribution is 2.20. The van der Waals surface area contributed by atoms with E-state index in [0.29, 0.717) is 5.92 Å². The zero-order valence-electron chi connectivity index (χ0n) is 8.21. The fourth-order valence-electron chi connectivity index (χ4n) is 1.67. The summed E-state index contributed by atoms with van der Waals surface area (Å²) in [5, 5.41) is 0. The Balaban J connectivity index is 2.41. The minimum atomic E-state index is 0.214. The lowest BCUT2D eigenvalue weighted by molar-refractivity contribution is 0.555. The van der Waals surface area contributed by atoms with Gasteiger partial charge >= 0.3 is 0 Å². The van der Waals surface area contributed by atoms with Crippen LogP contribution in [0.15, 0.2) is 4.99 Å². The lowest BCUT2D eigenvalue weighted by Crippen LogP contribution is -2.22. The fourth-order valence-corrected chi connectivity index (χ4v) is 1.67. The molecule has 2 nitrogen and oxygen atoms in total. The van der Waals surface area contributed by atoms with Gasteiger partial charge in [0.1, 0.15) is 0 Å². The van der Waals surface area contributed by atoms with Gasteiger partial charge in [-0.3, -0.25) is 4.99 Å². The third kappa shape index (κ3) is 2.94. The maximum Gasteiger partial charge on any atom is 0.0537 e. The first-order chi connectivity index (χ1) is 5.70. The topological polar surface area (TPSA) is 38.4 Å². The molecule has 0 aromatic rings. The summed E-state index contributed by atoms with van der Waals surface area (Å²) >= 11 is 0. The van der Waals surface area contributed by atoms with E-state index in [4.69, 9.17) is 5.73 Å². The molecular weight excluding hydrogens is 148 g/mol. The Kier molecular flexibility index (Phi) is 3.73. The smallest absolute Gasteiger partial charge is 0.0537 e. The first-order valence-electron chi connectivity index (χ1n) is 4.99. The molecule has 0 aromatic carbocycles. The van der Waals surface area contributed by atoms with Crippen LogP contribution in [0.25, 0.3) is 0 Å². The molecule has 2 unspecified atom stereocenters. The molecule has 0 aliphatic heterocycles. The second-order valence-electron chi connectivity index (χ2n) is 3.96. The predicted octanol–water partition coefficient (Wildman–Crippen LogP) is 1.98. The van der Waals surface area contributed by atoms with Crippen LogP contribution in [0.3, 0.4) is 0 Å². The van der Waals surface area contributed by atoms with Gasteiger partial charge in [0.25, 0.3) is 0 Å². The first kappa shape index (κ1) is 9.72. The molecule has 0 aromatic heterocycles. The van der Waals surface area contributed by atoms with E-state index in [1.165, 1.54) is 31.4 Å². The monoisotopic (exact) mass is 168 g/mol. The van der Waals surface area contributed by atoms with Crippen molar-refractivity contribution in [2.75, 3.05) is 6.54 Å². The number of rotatable bonds is 2. The van der Waals surface area contributed by atoms with Crippen LogP contribution in [0.4, 0.5) is 0 Å². The summed E-state index contributed by atoms with van der Waals surface area (Å²) < 4.78 is 0. The van der Waals surface area contributed by atoms with Crippen molar-refractivity contribution in [1.82, 2.24) is 0 Å². The lowest BCUT2D eigenvalue weighted by atomic mass is 9.89. The van der Waals surface area contributed by atoms with Gasteiger partial charge in [-0.1, -0.05) is 13.3 Å². The van der Waals surface area contributed by atoms with Crippen molar-refractivity contribution < 1.29 is 0 Å². The molecule has 2 heteroatoms. The summed E-state index contributed by atoms with van der Waals surface area (Å²) in [6, 6.07) is 0.214. The Hall–Kier alpha value is -0.370. The zero-order valence-corrected chi connectivity index (χ0v) is 8.21. The van der Waals surface area contributed by atoms with Gasteiger partial charge in [-0.2, -0.15) is 0 Å². The summed E-state index contributed by atoms with van der Waals surface area (Å²) in [4.78, 5) is 4.56.